The predicted octanol–water partition coefficient (Wildman–Crippen LogP) is 3.43. The summed E-state index contributed by atoms with van der Waals surface area (Å²) < 4.78 is 27.2. The summed E-state index contributed by atoms with van der Waals surface area (Å²) >= 11 is 0. The van der Waals surface area contributed by atoms with Gasteiger partial charge in [0.05, 0.1) is 11.3 Å². The molecule has 0 spiro atoms. The first-order valence-electron chi connectivity index (χ1n) is 5.52. The molecule has 2 aromatic carbocycles. The highest BCUT2D eigenvalue weighted by atomic mass is 19.1. The van der Waals surface area contributed by atoms with Crippen LogP contribution >= 0.6 is 0 Å². The first kappa shape index (κ1) is 13.0. The van der Waals surface area contributed by atoms with Crippen LogP contribution in [0, 0.1) is 11.6 Å². The Morgan fingerprint density at radius 2 is 1.79 bits per heavy atom. The van der Waals surface area contributed by atoms with Gasteiger partial charge in [0, 0.05) is 12.7 Å². The van der Waals surface area contributed by atoms with Gasteiger partial charge < -0.3 is 10.0 Å². The first-order valence-corrected chi connectivity index (χ1v) is 5.52. The Kier molecular flexibility index (Phi) is 3.46. The molecular weight excluding hydrogens is 252 g/mol. The van der Waals surface area contributed by atoms with E-state index in [2.05, 4.69) is 0 Å². The minimum Gasteiger partial charge on any atom is -0.478 e. The number of carboxylic acids is 1. The largest absolute Gasteiger partial charge is 0.478 e. The molecule has 0 atom stereocenters. The van der Waals surface area contributed by atoms with Crippen LogP contribution in [0.1, 0.15) is 10.4 Å². The van der Waals surface area contributed by atoms with Crippen molar-refractivity contribution in [1.82, 2.24) is 0 Å². The van der Waals surface area contributed by atoms with E-state index in [1.807, 2.05) is 0 Å². The standard InChI is InChI=1S/C14H11F2NO2/c1-17(13-5-3-2-4-11(13)15)9-6-7-10(14(18)19)12(16)8-9/h2-8H,1H3,(H,18,19). The second-order valence-corrected chi connectivity index (χ2v) is 3.98. The SMILES string of the molecule is CN(c1ccc(C(=O)O)c(F)c1)c1ccccc1F. The maximum atomic E-state index is 13.6. The average molecular weight is 263 g/mol. The van der Waals surface area contributed by atoms with Crippen molar-refractivity contribution >= 4 is 17.3 Å². The molecule has 2 aromatic rings. The zero-order valence-electron chi connectivity index (χ0n) is 10.1. The molecule has 19 heavy (non-hydrogen) atoms. The molecule has 0 aromatic heterocycles. The van der Waals surface area contributed by atoms with Gasteiger partial charge in [0.25, 0.3) is 0 Å². The fourth-order valence-corrected chi connectivity index (χ4v) is 1.75. The van der Waals surface area contributed by atoms with Gasteiger partial charge in [0.15, 0.2) is 0 Å². The van der Waals surface area contributed by atoms with E-state index in [0.717, 1.165) is 12.1 Å². The Morgan fingerprint density at radius 1 is 1.11 bits per heavy atom. The topological polar surface area (TPSA) is 40.5 Å². The monoisotopic (exact) mass is 263 g/mol. The molecule has 3 nitrogen and oxygen atoms in total. The fourth-order valence-electron chi connectivity index (χ4n) is 1.75. The van der Waals surface area contributed by atoms with E-state index < -0.39 is 23.2 Å². The zero-order valence-corrected chi connectivity index (χ0v) is 10.1. The lowest BCUT2D eigenvalue weighted by Gasteiger charge is -2.20. The van der Waals surface area contributed by atoms with Crippen LogP contribution in [0.2, 0.25) is 0 Å². The van der Waals surface area contributed by atoms with E-state index in [-0.39, 0.29) is 5.69 Å². The molecule has 0 unspecified atom stereocenters. The van der Waals surface area contributed by atoms with Crippen LogP contribution in [0.4, 0.5) is 20.2 Å². The summed E-state index contributed by atoms with van der Waals surface area (Å²) in [6, 6.07) is 9.73. The van der Waals surface area contributed by atoms with Crippen molar-refractivity contribution in [1.29, 1.82) is 0 Å². The van der Waals surface area contributed by atoms with Gasteiger partial charge in [-0.05, 0) is 30.3 Å². The zero-order chi connectivity index (χ0) is 14.0. The van der Waals surface area contributed by atoms with Crippen LogP contribution in [0.15, 0.2) is 42.5 Å². The Balaban J connectivity index is 2.40. The van der Waals surface area contributed by atoms with Crippen LogP contribution in [0.5, 0.6) is 0 Å². The second kappa shape index (κ2) is 5.06. The van der Waals surface area contributed by atoms with Crippen molar-refractivity contribution in [2.24, 2.45) is 0 Å². The van der Waals surface area contributed by atoms with Gasteiger partial charge in [-0.1, -0.05) is 12.1 Å². The normalized spacial score (nSPS) is 10.3. The van der Waals surface area contributed by atoms with E-state index in [1.165, 1.54) is 17.0 Å². The van der Waals surface area contributed by atoms with E-state index in [1.54, 1.807) is 25.2 Å². The Bertz CT molecular complexity index is 629. The maximum absolute atomic E-state index is 13.6. The average Bonchev–Trinajstić information content (AvgIpc) is 2.38. The summed E-state index contributed by atoms with van der Waals surface area (Å²) in [5, 5.41) is 8.74. The third-order valence-electron chi connectivity index (χ3n) is 2.78. The molecule has 5 heteroatoms. The number of anilines is 2. The number of benzene rings is 2. The van der Waals surface area contributed by atoms with Crippen molar-refractivity contribution in [2.45, 2.75) is 0 Å². The number of hydrogen-bond donors (Lipinski definition) is 1. The molecule has 0 aliphatic rings. The van der Waals surface area contributed by atoms with E-state index in [9.17, 15) is 13.6 Å². The molecule has 0 fully saturated rings. The number of hydrogen-bond acceptors (Lipinski definition) is 2. The van der Waals surface area contributed by atoms with Gasteiger partial charge in [0.1, 0.15) is 11.6 Å². The lowest BCUT2D eigenvalue weighted by atomic mass is 10.1. The Morgan fingerprint density at radius 3 is 2.37 bits per heavy atom. The number of carbonyl (C=O) groups is 1. The highest BCUT2D eigenvalue weighted by Crippen LogP contribution is 2.27. The molecular formula is C14H11F2NO2. The third-order valence-corrected chi connectivity index (χ3v) is 2.78. The number of nitrogens with zero attached hydrogens (tertiary/aromatic N) is 1. The van der Waals surface area contributed by atoms with Crippen LogP contribution in [0.3, 0.4) is 0 Å². The quantitative estimate of drug-likeness (QED) is 0.922. The van der Waals surface area contributed by atoms with Crippen molar-refractivity contribution in [2.75, 3.05) is 11.9 Å². The van der Waals surface area contributed by atoms with E-state index in [0.29, 0.717) is 5.69 Å². The Hall–Kier alpha value is -2.43. The van der Waals surface area contributed by atoms with Crippen LogP contribution in [-0.2, 0) is 0 Å². The van der Waals surface area contributed by atoms with Gasteiger partial charge in [0.2, 0.25) is 0 Å². The summed E-state index contributed by atoms with van der Waals surface area (Å²) in [4.78, 5) is 12.2. The maximum Gasteiger partial charge on any atom is 0.338 e. The van der Waals surface area contributed by atoms with Crippen LogP contribution in [-0.4, -0.2) is 18.1 Å². The molecule has 0 saturated heterocycles. The molecule has 0 heterocycles. The summed E-state index contributed by atoms with van der Waals surface area (Å²) in [6.07, 6.45) is 0. The summed E-state index contributed by atoms with van der Waals surface area (Å²) in [6.45, 7) is 0. The molecule has 0 aliphatic heterocycles. The summed E-state index contributed by atoms with van der Waals surface area (Å²) in [7, 11) is 1.58. The highest BCUT2D eigenvalue weighted by molar-refractivity contribution is 5.88. The number of para-hydroxylation sites is 1. The molecule has 98 valence electrons. The minimum absolute atomic E-state index is 0.282. The van der Waals surface area contributed by atoms with Gasteiger partial charge in [-0.15, -0.1) is 0 Å². The molecule has 0 amide bonds. The van der Waals surface area contributed by atoms with Gasteiger partial charge >= 0.3 is 5.97 Å². The van der Waals surface area contributed by atoms with Gasteiger partial charge in [-0.25, -0.2) is 13.6 Å². The molecule has 0 radical (unpaired) electrons. The van der Waals surface area contributed by atoms with Crippen molar-refractivity contribution in [3.63, 3.8) is 0 Å². The predicted molar refractivity (Wildman–Crippen MR) is 67.8 cm³/mol. The van der Waals surface area contributed by atoms with Crippen LogP contribution in [0.25, 0.3) is 0 Å². The molecule has 2 rings (SSSR count). The second-order valence-electron chi connectivity index (χ2n) is 3.98. The molecule has 1 N–H and O–H groups in total. The van der Waals surface area contributed by atoms with Crippen molar-refractivity contribution in [3.8, 4) is 0 Å². The molecule has 0 bridgehead atoms. The van der Waals surface area contributed by atoms with E-state index in [4.69, 9.17) is 5.11 Å². The lowest BCUT2D eigenvalue weighted by Crippen LogP contribution is -2.12. The van der Waals surface area contributed by atoms with E-state index >= 15 is 0 Å². The minimum atomic E-state index is -1.34. The first-order chi connectivity index (χ1) is 9.00. The summed E-state index contributed by atoms with van der Waals surface area (Å²) in [5.41, 5.74) is 0.239. The molecule has 0 saturated carbocycles. The van der Waals surface area contributed by atoms with Gasteiger partial charge in [-0.3, -0.25) is 0 Å². The lowest BCUT2D eigenvalue weighted by molar-refractivity contribution is 0.0692. The summed E-state index contributed by atoms with van der Waals surface area (Å²) in [5.74, 6) is -2.63. The fraction of sp³-hybridized carbons (Fsp3) is 0.0714. The van der Waals surface area contributed by atoms with Crippen LogP contribution < -0.4 is 4.90 Å². The molecule has 0 aliphatic carbocycles. The third kappa shape index (κ3) is 2.54. The smallest absolute Gasteiger partial charge is 0.338 e. The van der Waals surface area contributed by atoms with Gasteiger partial charge in [-0.2, -0.15) is 0 Å². The highest BCUT2D eigenvalue weighted by Gasteiger charge is 2.14. The number of aromatic carboxylic acids is 1. The van der Waals surface area contributed by atoms with Crippen molar-refractivity contribution in [3.05, 3.63) is 59.7 Å². The number of carboxylic acid groups (broad SMARTS) is 1. The Labute approximate surface area is 108 Å². The number of rotatable bonds is 3. The van der Waals surface area contributed by atoms with Crippen molar-refractivity contribution < 1.29 is 18.7 Å². The number of halogens is 2.